The van der Waals surface area contributed by atoms with Crippen LogP contribution in [0.1, 0.15) is 11.6 Å². The molecule has 0 saturated heterocycles. The highest BCUT2D eigenvalue weighted by atomic mass is 16.5. The minimum atomic E-state index is -1.00. The van der Waals surface area contributed by atoms with Crippen LogP contribution in [0.15, 0.2) is 60.7 Å². The van der Waals surface area contributed by atoms with E-state index in [1.807, 2.05) is 36.4 Å². The smallest absolute Gasteiger partial charge is 0.247 e. The van der Waals surface area contributed by atoms with Gasteiger partial charge in [0.15, 0.2) is 5.92 Å². The minimum Gasteiger partial charge on any atom is -0.495 e. The van der Waals surface area contributed by atoms with Crippen LogP contribution in [0.25, 0.3) is 10.9 Å². The number of carbonyl (C=O) groups is 1. The number of nitrogens with one attached hydrogen (secondary N) is 1. The van der Waals surface area contributed by atoms with Gasteiger partial charge in [0.2, 0.25) is 5.91 Å². The fraction of sp³-hybridized carbons (Fsp3) is 0.105. The van der Waals surface area contributed by atoms with Crippen LogP contribution in [0.3, 0.4) is 0 Å². The van der Waals surface area contributed by atoms with Gasteiger partial charge in [0.25, 0.3) is 0 Å². The second-order valence-corrected chi connectivity index (χ2v) is 5.18. The van der Waals surface area contributed by atoms with Gasteiger partial charge in [-0.1, -0.05) is 36.4 Å². The summed E-state index contributed by atoms with van der Waals surface area (Å²) in [5, 5.41) is 13.1. The Morgan fingerprint density at radius 2 is 1.88 bits per heavy atom. The second-order valence-electron chi connectivity index (χ2n) is 5.18. The Balaban J connectivity index is 1.89. The second kappa shape index (κ2) is 6.80. The number of nitriles is 1. The maximum Gasteiger partial charge on any atom is 0.247 e. The molecule has 24 heavy (non-hydrogen) atoms. The number of amides is 1. The lowest BCUT2D eigenvalue weighted by Gasteiger charge is -2.13. The molecule has 0 bridgehead atoms. The van der Waals surface area contributed by atoms with Crippen LogP contribution < -0.4 is 10.1 Å². The summed E-state index contributed by atoms with van der Waals surface area (Å²) in [6.07, 6.45) is 0. The molecule has 118 valence electrons. The van der Waals surface area contributed by atoms with Gasteiger partial charge in [0.1, 0.15) is 5.75 Å². The number of aromatic nitrogens is 1. The average Bonchev–Trinajstić information content (AvgIpc) is 2.62. The summed E-state index contributed by atoms with van der Waals surface area (Å²) in [6, 6.07) is 20.2. The van der Waals surface area contributed by atoms with Crippen molar-refractivity contribution in [2.24, 2.45) is 0 Å². The lowest BCUT2D eigenvalue weighted by molar-refractivity contribution is -0.116. The van der Waals surface area contributed by atoms with Crippen molar-refractivity contribution in [3.63, 3.8) is 0 Å². The summed E-state index contributed by atoms with van der Waals surface area (Å²) < 4.78 is 5.21. The molecule has 1 atom stereocenters. The molecular formula is C19H15N3O2. The van der Waals surface area contributed by atoms with Crippen LogP contribution in [-0.2, 0) is 4.79 Å². The summed E-state index contributed by atoms with van der Waals surface area (Å²) in [4.78, 5) is 17.0. The van der Waals surface area contributed by atoms with Crippen molar-refractivity contribution in [2.75, 3.05) is 12.4 Å². The number of nitrogens with zero attached hydrogens (tertiary/aromatic N) is 2. The highest BCUT2D eigenvalue weighted by Gasteiger charge is 2.23. The number of pyridine rings is 1. The van der Waals surface area contributed by atoms with Crippen LogP contribution >= 0.6 is 0 Å². The predicted octanol–water partition coefficient (Wildman–Crippen LogP) is 3.49. The Hall–Kier alpha value is -3.39. The van der Waals surface area contributed by atoms with Gasteiger partial charge in [0, 0.05) is 5.39 Å². The summed E-state index contributed by atoms with van der Waals surface area (Å²) in [6.45, 7) is 0. The first-order valence-electron chi connectivity index (χ1n) is 7.42. The molecule has 1 heterocycles. The van der Waals surface area contributed by atoms with Crippen LogP contribution in [-0.4, -0.2) is 18.0 Å². The molecule has 0 aliphatic carbocycles. The number of anilines is 1. The number of ether oxygens (including phenoxy) is 1. The van der Waals surface area contributed by atoms with Gasteiger partial charge < -0.3 is 10.1 Å². The van der Waals surface area contributed by atoms with Gasteiger partial charge in [-0.3, -0.25) is 9.78 Å². The van der Waals surface area contributed by atoms with E-state index < -0.39 is 11.8 Å². The largest absolute Gasteiger partial charge is 0.495 e. The van der Waals surface area contributed by atoms with Crippen molar-refractivity contribution < 1.29 is 9.53 Å². The third kappa shape index (κ3) is 3.03. The van der Waals surface area contributed by atoms with E-state index in [1.54, 1.807) is 30.3 Å². The molecule has 1 unspecified atom stereocenters. The minimum absolute atomic E-state index is 0.420. The van der Waals surface area contributed by atoms with Gasteiger partial charge in [-0.05, 0) is 24.3 Å². The van der Waals surface area contributed by atoms with Crippen molar-refractivity contribution in [1.82, 2.24) is 4.98 Å². The fourth-order valence-electron chi connectivity index (χ4n) is 2.45. The molecular weight excluding hydrogens is 302 g/mol. The zero-order chi connectivity index (χ0) is 16.9. The van der Waals surface area contributed by atoms with E-state index in [1.165, 1.54) is 7.11 Å². The van der Waals surface area contributed by atoms with E-state index in [2.05, 4.69) is 10.3 Å². The maximum atomic E-state index is 12.5. The lowest BCUT2D eigenvalue weighted by Crippen LogP contribution is -2.21. The lowest BCUT2D eigenvalue weighted by atomic mass is 10.0. The standard InChI is InChI=1S/C19H15N3O2/c1-24-18-9-5-4-8-17(18)22-19(23)14(12-20)16-11-10-13-6-2-3-7-15(13)21-16/h2-11,14H,1H3,(H,22,23). The molecule has 0 aliphatic heterocycles. The molecule has 0 fully saturated rings. The normalized spacial score (nSPS) is 11.5. The number of hydrogen-bond donors (Lipinski definition) is 1. The molecule has 0 saturated carbocycles. The number of carbonyl (C=O) groups excluding carboxylic acids is 1. The molecule has 5 nitrogen and oxygen atoms in total. The average molecular weight is 317 g/mol. The number of rotatable bonds is 4. The number of fused-ring (bicyclic) bond motifs is 1. The number of para-hydroxylation sites is 3. The summed E-state index contributed by atoms with van der Waals surface area (Å²) in [7, 11) is 1.53. The Kier molecular flexibility index (Phi) is 4.39. The Morgan fingerprint density at radius 3 is 2.67 bits per heavy atom. The maximum absolute atomic E-state index is 12.5. The number of benzene rings is 2. The fourth-order valence-corrected chi connectivity index (χ4v) is 2.45. The molecule has 5 heteroatoms. The van der Waals surface area contributed by atoms with E-state index in [0.29, 0.717) is 17.1 Å². The van der Waals surface area contributed by atoms with Crippen LogP contribution in [0.5, 0.6) is 5.75 Å². The van der Waals surface area contributed by atoms with E-state index in [-0.39, 0.29) is 0 Å². The van der Waals surface area contributed by atoms with E-state index in [4.69, 9.17) is 4.74 Å². The summed E-state index contributed by atoms with van der Waals surface area (Å²) >= 11 is 0. The number of methoxy groups -OCH3 is 1. The molecule has 2 aromatic carbocycles. The highest BCUT2D eigenvalue weighted by molar-refractivity contribution is 5.98. The Labute approximate surface area is 139 Å². The molecule has 1 N–H and O–H groups in total. The topological polar surface area (TPSA) is 75.0 Å². The third-order valence-corrected chi connectivity index (χ3v) is 3.67. The highest BCUT2D eigenvalue weighted by Crippen LogP contribution is 2.25. The first-order chi connectivity index (χ1) is 11.7. The Morgan fingerprint density at radius 1 is 1.12 bits per heavy atom. The summed E-state index contributed by atoms with van der Waals surface area (Å²) in [5.74, 6) is -0.904. The van der Waals surface area contributed by atoms with Gasteiger partial charge >= 0.3 is 0 Å². The van der Waals surface area contributed by atoms with E-state index in [9.17, 15) is 10.1 Å². The Bertz CT molecular complexity index is 931. The van der Waals surface area contributed by atoms with Gasteiger partial charge in [0.05, 0.1) is 30.1 Å². The molecule has 0 radical (unpaired) electrons. The van der Waals surface area contributed by atoms with Crippen molar-refractivity contribution in [3.8, 4) is 11.8 Å². The van der Waals surface area contributed by atoms with Crippen LogP contribution in [0.2, 0.25) is 0 Å². The SMILES string of the molecule is COc1ccccc1NC(=O)C(C#N)c1ccc2ccccc2n1. The van der Waals surface area contributed by atoms with Crippen molar-refractivity contribution in [1.29, 1.82) is 5.26 Å². The van der Waals surface area contributed by atoms with Gasteiger partial charge in [-0.25, -0.2) is 0 Å². The van der Waals surface area contributed by atoms with Crippen molar-refractivity contribution in [2.45, 2.75) is 5.92 Å². The van der Waals surface area contributed by atoms with Crippen LogP contribution in [0, 0.1) is 11.3 Å². The van der Waals surface area contributed by atoms with Gasteiger partial charge in [-0.2, -0.15) is 5.26 Å². The van der Waals surface area contributed by atoms with E-state index >= 15 is 0 Å². The van der Waals surface area contributed by atoms with Crippen molar-refractivity contribution >= 4 is 22.5 Å². The molecule has 3 aromatic rings. The van der Waals surface area contributed by atoms with Crippen molar-refractivity contribution in [3.05, 3.63) is 66.4 Å². The van der Waals surface area contributed by atoms with Gasteiger partial charge in [-0.15, -0.1) is 0 Å². The zero-order valence-corrected chi connectivity index (χ0v) is 13.1. The number of hydrogen-bond acceptors (Lipinski definition) is 4. The zero-order valence-electron chi connectivity index (χ0n) is 13.1. The first-order valence-corrected chi connectivity index (χ1v) is 7.42. The predicted molar refractivity (Wildman–Crippen MR) is 91.7 cm³/mol. The third-order valence-electron chi connectivity index (χ3n) is 3.67. The monoisotopic (exact) mass is 317 g/mol. The van der Waals surface area contributed by atoms with E-state index in [0.717, 1.165) is 10.9 Å². The molecule has 0 spiro atoms. The quantitative estimate of drug-likeness (QED) is 0.799. The molecule has 3 rings (SSSR count). The van der Waals surface area contributed by atoms with Crippen LogP contribution in [0.4, 0.5) is 5.69 Å². The summed E-state index contributed by atoms with van der Waals surface area (Å²) in [5.41, 5.74) is 1.69. The molecule has 1 aromatic heterocycles. The first kappa shape index (κ1) is 15.5. The molecule has 1 amide bonds. The molecule has 0 aliphatic rings.